The van der Waals surface area contributed by atoms with Crippen molar-refractivity contribution in [3.8, 4) is 0 Å². The van der Waals surface area contributed by atoms with Crippen LogP contribution in [0.1, 0.15) is 18.2 Å². The summed E-state index contributed by atoms with van der Waals surface area (Å²) in [5.41, 5.74) is 7.27. The number of anilines is 1. The lowest BCUT2D eigenvalue weighted by molar-refractivity contribution is -0.120. The molecule has 0 saturated carbocycles. The van der Waals surface area contributed by atoms with Crippen LogP contribution < -0.4 is 11.1 Å². The molecule has 8 heteroatoms. The van der Waals surface area contributed by atoms with E-state index in [9.17, 15) is 4.79 Å². The Bertz CT molecular complexity index is 877. The average molecular weight is 377 g/mol. The fourth-order valence-electron chi connectivity index (χ4n) is 2.49. The van der Waals surface area contributed by atoms with Crippen molar-refractivity contribution in [3.63, 3.8) is 0 Å². The zero-order chi connectivity index (χ0) is 16.8. The van der Waals surface area contributed by atoms with Crippen LogP contribution in [-0.4, -0.2) is 25.9 Å². The molecule has 1 amide bonds. The van der Waals surface area contributed by atoms with Crippen LogP contribution in [0.15, 0.2) is 28.7 Å². The van der Waals surface area contributed by atoms with Gasteiger partial charge in [0.05, 0.1) is 11.1 Å². The number of nitrogens with one attached hydrogen (secondary N) is 2. The van der Waals surface area contributed by atoms with E-state index in [4.69, 9.17) is 5.73 Å². The molecule has 0 bridgehead atoms. The molecule has 7 nitrogen and oxygen atoms in total. The fourth-order valence-corrected chi connectivity index (χ4v) is 2.76. The predicted octanol–water partition coefficient (Wildman–Crippen LogP) is 2.18. The van der Waals surface area contributed by atoms with E-state index in [0.29, 0.717) is 11.5 Å². The normalized spacial score (nSPS) is 14.0. The Balaban J connectivity index is 1.92. The third-order valence-electron chi connectivity index (χ3n) is 3.87. The number of benzene rings is 1. The first-order chi connectivity index (χ1) is 10.8. The number of aryl methyl sites for hydroxylation is 2. The molecule has 2 heterocycles. The van der Waals surface area contributed by atoms with Crippen LogP contribution in [0.25, 0.3) is 11.0 Å². The van der Waals surface area contributed by atoms with E-state index < -0.39 is 5.54 Å². The second kappa shape index (κ2) is 5.47. The SMILES string of the molecule is Cc1nn(C)c2n[nH]c(NC(=O)C(C)(N)c3ccc(Br)cc3)c12. The summed E-state index contributed by atoms with van der Waals surface area (Å²) in [6.45, 7) is 3.54. The minimum Gasteiger partial charge on any atom is -0.314 e. The van der Waals surface area contributed by atoms with Crippen molar-refractivity contribution in [2.24, 2.45) is 12.8 Å². The van der Waals surface area contributed by atoms with Gasteiger partial charge in [0.15, 0.2) is 5.65 Å². The van der Waals surface area contributed by atoms with Gasteiger partial charge in [0.2, 0.25) is 5.91 Å². The maximum Gasteiger partial charge on any atom is 0.249 e. The van der Waals surface area contributed by atoms with Gasteiger partial charge in [-0.3, -0.25) is 9.89 Å². The molecule has 1 unspecified atom stereocenters. The van der Waals surface area contributed by atoms with Gasteiger partial charge in [-0.2, -0.15) is 10.2 Å². The molecule has 0 spiro atoms. The second-order valence-corrected chi connectivity index (χ2v) is 6.59. The van der Waals surface area contributed by atoms with E-state index in [2.05, 4.69) is 36.5 Å². The number of amides is 1. The Morgan fingerprint density at radius 3 is 2.70 bits per heavy atom. The van der Waals surface area contributed by atoms with Gasteiger partial charge in [-0.25, -0.2) is 4.68 Å². The maximum atomic E-state index is 12.7. The molecule has 23 heavy (non-hydrogen) atoms. The molecule has 2 aromatic heterocycles. The van der Waals surface area contributed by atoms with Crippen molar-refractivity contribution >= 4 is 38.7 Å². The summed E-state index contributed by atoms with van der Waals surface area (Å²) in [5, 5.41) is 14.9. The van der Waals surface area contributed by atoms with Gasteiger partial charge in [-0.05, 0) is 31.5 Å². The lowest BCUT2D eigenvalue weighted by Gasteiger charge is -2.23. The Kier molecular flexibility index (Phi) is 3.73. The topological polar surface area (TPSA) is 102 Å². The van der Waals surface area contributed by atoms with Gasteiger partial charge in [-0.1, -0.05) is 28.1 Å². The lowest BCUT2D eigenvalue weighted by Crippen LogP contribution is -2.45. The van der Waals surface area contributed by atoms with E-state index in [-0.39, 0.29) is 5.91 Å². The Labute approximate surface area is 141 Å². The van der Waals surface area contributed by atoms with Gasteiger partial charge < -0.3 is 11.1 Å². The fraction of sp³-hybridized carbons (Fsp3) is 0.267. The highest BCUT2D eigenvalue weighted by Gasteiger charge is 2.31. The molecule has 0 aliphatic rings. The van der Waals surface area contributed by atoms with Crippen LogP contribution in [0.5, 0.6) is 0 Å². The predicted molar refractivity (Wildman–Crippen MR) is 91.9 cm³/mol. The molecule has 0 aliphatic heterocycles. The number of rotatable bonds is 3. The molecule has 0 fully saturated rings. The number of carbonyl (C=O) groups excluding carboxylic acids is 1. The molecule has 0 radical (unpaired) electrons. The van der Waals surface area contributed by atoms with Crippen LogP contribution in [-0.2, 0) is 17.4 Å². The molecule has 1 atom stereocenters. The van der Waals surface area contributed by atoms with Crippen LogP contribution in [0, 0.1) is 6.92 Å². The summed E-state index contributed by atoms with van der Waals surface area (Å²) in [7, 11) is 1.80. The van der Waals surface area contributed by atoms with E-state index in [1.165, 1.54) is 0 Å². The first kappa shape index (κ1) is 15.7. The molecule has 1 aromatic carbocycles. The number of aromatic nitrogens is 4. The molecule has 3 rings (SSSR count). The summed E-state index contributed by atoms with van der Waals surface area (Å²) < 4.78 is 2.59. The van der Waals surface area contributed by atoms with E-state index in [1.807, 2.05) is 31.2 Å². The van der Waals surface area contributed by atoms with Crippen molar-refractivity contribution in [3.05, 3.63) is 40.0 Å². The quantitative estimate of drug-likeness (QED) is 0.651. The van der Waals surface area contributed by atoms with Crippen LogP contribution in [0.3, 0.4) is 0 Å². The number of fused-ring (bicyclic) bond motifs is 1. The van der Waals surface area contributed by atoms with Gasteiger partial charge >= 0.3 is 0 Å². The summed E-state index contributed by atoms with van der Waals surface area (Å²) in [5.74, 6) is 0.179. The van der Waals surface area contributed by atoms with Crippen LogP contribution >= 0.6 is 15.9 Å². The Morgan fingerprint density at radius 2 is 2.04 bits per heavy atom. The van der Waals surface area contributed by atoms with Crippen LogP contribution in [0.4, 0.5) is 5.82 Å². The summed E-state index contributed by atoms with van der Waals surface area (Å²) in [4.78, 5) is 12.7. The number of hydrogen-bond donors (Lipinski definition) is 3. The Hall–Kier alpha value is -2.19. The number of hydrogen-bond acceptors (Lipinski definition) is 4. The first-order valence-electron chi connectivity index (χ1n) is 7.04. The maximum absolute atomic E-state index is 12.7. The highest BCUT2D eigenvalue weighted by molar-refractivity contribution is 9.10. The summed E-state index contributed by atoms with van der Waals surface area (Å²) in [6.07, 6.45) is 0. The minimum atomic E-state index is -1.17. The lowest BCUT2D eigenvalue weighted by atomic mass is 9.92. The third kappa shape index (κ3) is 2.64. The van der Waals surface area contributed by atoms with Crippen molar-refractivity contribution in [1.82, 2.24) is 20.0 Å². The molecule has 120 valence electrons. The largest absolute Gasteiger partial charge is 0.314 e. The van der Waals surface area contributed by atoms with Gasteiger partial charge in [0.25, 0.3) is 0 Å². The van der Waals surface area contributed by atoms with E-state index in [0.717, 1.165) is 21.1 Å². The first-order valence-corrected chi connectivity index (χ1v) is 7.84. The van der Waals surface area contributed by atoms with Crippen molar-refractivity contribution < 1.29 is 4.79 Å². The molecular weight excluding hydrogens is 360 g/mol. The molecule has 0 saturated heterocycles. The van der Waals surface area contributed by atoms with E-state index >= 15 is 0 Å². The third-order valence-corrected chi connectivity index (χ3v) is 4.40. The van der Waals surface area contributed by atoms with Crippen LogP contribution in [0.2, 0.25) is 0 Å². The summed E-state index contributed by atoms with van der Waals surface area (Å²) >= 11 is 3.37. The summed E-state index contributed by atoms with van der Waals surface area (Å²) in [6, 6.07) is 7.35. The highest BCUT2D eigenvalue weighted by atomic mass is 79.9. The standard InChI is InChI=1S/C15H17BrN6O/c1-8-11-12(19-20-13(11)22(3)21-8)18-14(23)15(2,17)9-4-6-10(16)7-5-9/h4-7H,17H2,1-3H3,(H2,18,19,20,23). The van der Waals surface area contributed by atoms with Gasteiger partial charge in [0.1, 0.15) is 11.4 Å². The zero-order valence-corrected chi connectivity index (χ0v) is 14.6. The Morgan fingerprint density at radius 1 is 1.39 bits per heavy atom. The number of aromatic amines is 1. The smallest absolute Gasteiger partial charge is 0.249 e. The van der Waals surface area contributed by atoms with Gasteiger partial charge in [-0.15, -0.1) is 0 Å². The van der Waals surface area contributed by atoms with Crippen molar-refractivity contribution in [2.75, 3.05) is 5.32 Å². The zero-order valence-electron chi connectivity index (χ0n) is 13.0. The van der Waals surface area contributed by atoms with E-state index in [1.54, 1.807) is 18.7 Å². The van der Waals surface area contributed by atoms with Gasteiger partial charge in [0, 0.05) is 11.5 Å². The highest BCUT2D eigenvalue weighted by Crippen LogP contribution is 2.26. The van der Waals surface area contributed by atoms with Crippen molar-refractivity contribution in [2.45, 2.75) is 19.4 Å². The molecular formula is C15H17BrN6O. The van der Waals surface area contributed by atoms with Crippen molar-refractivity contribution in [1.29, 1.82) is 0 Å². The number of nitrogens with zero attached hydrogens (tertiary/aromatic N) is 3. The second-order valence-electron chi connectivity index (χ2n) is 5.67. The molecule has 4 N–H and O–H groups in total. The minimum absolute atomic E-state index is 0.325. The average Bonchev–Trinajstić information content (AvgIpc) is 3.02. The molecule has 3 aromatic rings. The number of H-pyrrole nitrogens is 1. The monoisotopic (exact) mass is 376 g/mol. The number of halogens is 1. The molecule has 0 aliphatic carbocycles. The number of nitrogens with two attached hydrogens (primary N) is 1. The number of carbonyl (C=O) groups is 1.